The predicted molar refractivity (Wildman–Crippen MR) is 76.8 cm³/mol. The van der Waals surface area contributed by atoms with Gasteiger partial charge >= 0.3 is 0 Å². The molecule has 0 saturated heterocycles. The molecule has 3 rings (SSSR count). The average Bonchev–Trinajstić information content (AvgIpc) is 3.13. The highest BCUT2D eigenvalue weighted by Gasteiger charge is 2.33. The quantitative estimate of drug-likeness (QED) is 0.827. The minimum atomic E-state index is 0.563. The monoisotopic (exact) mass is 243 g/mol. The molecular formula is C17H25N. The standard InChI is InChI=1S/C17H25N/c1-3-18-17(12(2)13-7-8-13)16-10-9-14-5-4-6-15(14)11-16/h9-13,17-18H,3-8H2,1-2H3. The molecule has 2 atom stereocenters. The minimum Gasteiger partial charge on any atom is -0.310 e. The molecular weight excluding hydrogens is 218 g/mol. The van der Waals surface area contributed by atoms with Gasteiger partial charge in [-0.05, 0) is 67.2 Å². The maximum absolute atomic E-state index is 3.71. The third-order valence-corrected chi connectivity index (χ3v) is 4.80. The van der Waals surface area contributed by atoms with E-state index in [0.717, 1.165) is 18.4 Å². The van der Waals surface area contributed by atoms with Gasteiger partial charge in [0.15, 0.2) is 0 Å². The van der Waals surface area contributed by atoms with Crippen LogP contribution in [0.1, 0.15) is 55.8 Å². The Hall–Kier alpha value is -0.820. The van der Waals surface area contributed by atoms with Crippen molar-refractivity contribution in [1.29, 1.82) is 0 Å². The lowest BCUT2D eigenvalue weighted by molar-refractivity contribution is 0.355. The molecule has 18 heavy (non-hydrogen) atoms. The topological polar surface area (TPSA) is 12.0 Å². The van der Waals surface area contributed by atoms with E-state index in [4.69, 9.17) is 0 Å². The largest absolute Gasteiger partial charge is 0.310 e. The highest BCUT2D eigenvalue weighted by Crippen LogP contribution is 2.43. The number of nitrogens with one attached hydrogen (secondary N) is 1. The van der Waals surface area contributed by atoms with Gasteiger partial charge in [0.05, 0.1) is 0 Å². The second kappa shape index (κ2) is 5.05. The Bertz CT molecular complexity index is 420. The fourth-order valence-corrected chi connectivity index (χ4v) is 3.51. The molecule has 0 heterocycles. The van der Waals surface area contributed by atoms with Crippen LogP contribution in [0.5, 0.6) is 0 Å². The van der Waals surface area contributed by atoms with Crippen molar-refractivity contribution in [3.05, 3.63) is 34.9 Å². The van der Waals surface area contributed by atoms with Crippen molar-refractivity contribution in [2.45, 2.75) is 52.0 Å². The number of fused-ring (bicyclic) bond motifs is 1. The van der Waals surface area contributed by atoms with E-state index in [2.05, 4.69) is 37.4 Å². The normalized spacial score (nSPS) is 21.7. The van der Waals surface area contributed by atoms with Gasteiger partial charge in [-0.15, -0.1) is 0 Å². The van der Waals surface area contributed by atoms with Crippen LogP contribution in [0, 0.1) is 11.8 Å². The summed E-state index contributed by atoms with van der Waals surface area (Å²) >= 11 is 0. The van der Waals surface area contributed by atoms with E-state index >= 15 is 0 Å². The molecule has 0 bridgehead atoms. The van der Waals surface area contributed by atoms with Crippen LogP contribution in [0.15, 0.2) is 18.2 Å². The third-order valence-electron chi connectivity index (χ3n) is 4.80. The van der Waals surface area contributed by atoms with Crippen LogP contribution in [0.2, 0.25) is 0 Å². The zero-order valence-corrected chi connectivity index (χ0v) is 11.7. The molecule has 2 aliphatic carbocycles. The van der Waals surface area contributed by atoms with E-state index in [9.17, 15) is 0 Å². The Balaban J connectivity index is 1.84. The molecule has 0 spiro atoms. The SMILES string of the molecule is CCNC(c1ccc2c(c1)CCC2)C(C)C1CC1. The Kier molecular flexibility index (Phi) is 3.43. The zero-order chi connectivity index (χ0) is 12.5. The van der Waals surface area contributed by atoms with E-state index in [-0.39, 0.29) is 0 Å². The molecule has 98 valence electrons. The molecule has 1 fully saturated rings. The number of rotatable bonds is 5. The second-order valence-electron chi connectivity index (χ2n) is 6.11. The Morgan fingerprint density at radius 2 is 2.00 bits per heavy atom. The Morgan fingerprint density at radius 1 is 1.22 bits per heavy atom. The maximum Gasteiger partial charge on any atom is 0.0348 e. The lowest BCUT2D eigenvalue weighted by Gasteiger charge is -2.26. The molecule has 1 nitrogen and oxygen atoms in total. The molecule has 0 amide bonds. The first kappa shape index (κ1) is 12.2. The van der Waals surface area contributed by atoms with Gasteiger partial charge in [0.1, 0.15) is 0 Å². The summed E-state index contributed by atoms with van der Waals surface area (Å²) in [6.07, 6.45) is 6.81. The first-order chi connectivity index (χ1) is 8.79. The van der Waals surface area contributed by atoms with E-state index in [1.807, 2.05) is 0 Å². The molecule has 0 aromatic heterocycles. The van der Waals surface area contributed by atoms with Crippen molar-refractivity contribution in [2.75, 3.05) is 6.54 Å². The van der Waals surface area contributed by atoms with Gasteiger partial charge in [0.25, 0.3) is 0 Å². The fourth-order valence-electron chi connectivity index (χ4n) is 3.51. The van der Waals surface area contributed by atoms with E-state index < -0.39 is 0 Å². The first-order valence-corrected chi connectivity index (χ1v) is 7.64. The number of hydrogen-bond donors (Lipinski definition) is 1. The smallest absolute Gasteiger partial charge is 0.0348 e. The summed E-state index contributed by atoms with van der Waals surface area (Å²) in [6.45, 7) is 5.72. The van der Waals surface area contributed by atoms with Gasteiger partial charge in [0, 0.05) is 6.04 Å². The number of hydrogen-bond acceptors (Lipinski definition) is 1. The van der Waals surface area contributed by atoms with Crippen LogP contribution >= 0.6 is 0 Å². The summed E-state index contributed by atoms with van der Waals surface area (Å²) in [7, 11) is 0. The highest BCUT2D eigenvalue weighted by molar-refractivity contribution is 5.36. The predicted octanol–water partition coefficient (Wildman–Crippen LogP) is 3.87. The zero-order valence-electron chi connectivity index (χ0n) is 11.7. The molecule has 0 aliphatic heterocycles. The van der Waals surface area contributed by atoms with Crippen molar-refractivity contribution in [3.63, 3.8) is 0 Å². The van der Waals surface area contributed by atoms with Crippen LogP contribution in [0.4, 0.5) is 0 Å². The van der Waals surface area contributed by atoms with Gasteiger partial charge in [-0.1, -0.05) is 32.0 Å². The lowest BCUT2D eigenvalue weighted by atomic mass is 9.89. The summed E-state index contributed by atoms with van der Waals surface area (Å²) in [5.74, 6) is 1.74. The van der Waals surface area contributed by atoms with Crippen molar-refractivity contribution < 1.29 is 0 Å². The number of aryl methyl sites for hydroxylation is 2. The third kappa shape index (κ3) is 2.33. The van der Waals surface area contributed by atoms with Gasteiger partial charge in [-0.3, -0.25) is 0 Å². The van der Waals surface area contributed by atoms with Crippen molar-refractivity contribution in [2.24, 2.45) is 11.8 Å². The van der Waals surface area contributed by atoms with Crippen LogP contribution in [-0.4, -0.2) is 6.54 Å². The van der Waals surface area contributed by atoms with Crippen molar-refractivity contribution in [1.82, 2.24) is 5.32 Å². The van der Waals surface area contributed by atoms with Crippen LogP contribution in [0.3, 0.4) is 0 Å². The summed E-state index contributed by atoms with van der Waals surface area (Å²) in [5, 5.41) is 3.71. The van der Waals surface area contributed by atoms with E-state index in [0.29, 0.717) is 6.04 Å². The van der Waals surface area contributed by atoms with E-state index in [1.54, 1.807) is 11.1 Å². The molecule has 1 aromatic carbocycles. The molecule has 0 radical (unpaired) electrons. The first-order valence-electron chi connectivity index (χ1n) is 7.64. The Morgan fingerprint density at radius 3 is 2.72 bits per heavy atom. The highest BCUT2D eigenvalue weighted by atomic mass is 14.9. The average molecular weight is 243 g/mol. The van der Waals surface area contributed by atoms with Crippen LogP contribution < -0.4 is 5.32 Å². The number of benzene rings is 1. The van der Waals surface area contributed by atoms with Gasteiger partial charge in [-0.2, -0.15) is 0 Å². The van der Waals surface area contributed by atoms with Gasteiger partial charge < -0.3 is 5.32 Å². The fraction of sp³-hybridized carbons (Fsp3) is 0.647. The summed E-state index contributed by atoms with van der Waals surface area (Å²) < 4.78 is 0. The lowest BCUT2D eigenvalue weighted by Crippen LogP contribution is -2.28. The summed E-state index contributed by atoms with van der Waals surface area (Å²) in [4.78, 5) is 0. The molecule has 1 saturated carbocycles. The molecule has 1 aromatic rings. The van der Waals surface area contributed by atoms with E-state index in [1.165, 1.54) is 37.7 Å². The molecule has 1 N–H and O–H groups in total. The van der Waals surface area contributed by atoms with Crippen molar-refractivity contribution >= 4 is 0 Å². The maximum atomic E-state index is 3.71. The van der Waals surface area contributed by atoms with Crippen molar-refractivity contribution in [3.8, 4) is 0 Å². The molecule has 2 aliphatic rings. The summed E-state index contributed by atoms with van der Waals surface area (Å²) in [6, 6.07) is 7.79. The minimum absolute atomic E-state index is 0.563. The van der Waals surface area contributed by atoms with Gasteiger partial charge in [0.2, 0.25) is 0 Å². The molecule has 1 heteroatoms. The summed E-state index contributed by atoms with van der Waals surface area (Å²) in [5.41, 5.74) is 4.73. The molecule has 2 unspecified atom stereocenters. The van der Waals surface area contributed by atoms with Gasteiger partial charge in [-0.25, -0.2) is 0 Å². The second-order valence-corrected chi connectivity index (χ2v) is 6.11. The Labute approximate surface area is 111 Å². The van der Waals surface area contributed by atoms with Crippen LogP contribution in [-0.2, 0) is 12.8 Å². The van der Waals surface area contributed by atoms with Crippen LogP contribution in [0.25, 0.3) is 0 Å².